The molecule has 1 unspecified atom stereocenters. The van der Waals surface area contributed by atoms with Crippen molar-refractivity contribution in [1.82, 2.24) is 10.2 Å². The van der Waals surface area contributed by atoms with Crippen LogP contribution in [0.2, 0.25) is 0 Å². The van der Waals surface area contributed by atoms with Crippen molar-refractivity contribution < 1.29 is 9.13 Å². The van der Waals surface area contributed by atoms with Crippen molar-refractivity contribution in [3.8, 4) is 0 Å². The van der Waals surface area contributed by atoms with E-state index in [4.69, 9.17) is 4.74 Å². The molecule has 0 spiro atoms. The van der Waals surface area contributed by atoms with Gasteiger partial charge in [0.15, 0.2) is 5.96 Å². The van der Waals surface area contributed by atoms with Gasteiger partial charge in [0, 0.05) is 39.7 Å². The topological polar surface area (TPSA) is 36.9 Å². The maximum absolute atomic E-state index is 13.2. The molecule has 0 bridgehead atoms. The minimum atomic E-state index is -0.228. The second-order valence-electron chi connectivity index (χ2n) is 5.53. The summed E-state index contributed by atoms with van der Waals surface area (Å²) in [6, 6.07) is 5.13. The van der Waals surface area contributed by atoms with E-state index >= 15 is 0 Å². The Morgan fingerprint density at radius 1 is 1.52 bits per heavy atom. The Kier molecular flexibility index (Phi) is 9.38. The van der Waals surface area contributed by atoms with E-state index in [0.717, 1.165) is 50.6 Å². The second kappa shape index (κ2) is 10.5. The second-order valence-corrected chi connectivity index (χ2v) is 6.38. The molecule has 1 N–H and O–H groups in total. The maximum atomic E-state index is 13.2. The van der Waals surface area contributed by atoms with E-state index in [1.807, 2.05) is 12.1 Å². The number of ether oxygens (including phenoxy) is 1. The first-order valence-corrected chi connectivity index (χ1v) is 8.31. The van der Waals surface area contributed by atoms with Crippen molar-refractivity contribution in [3.05, 3.63) is 34.1 Å². The highest BCUT2D eigenvalue weighted by Crippen LogP contribution is 2.18. The van der Waals surface area contributed by atoms with Gasteiger partial charge >= 0.3 is 0 Å². The zero-order valence-corrected chi connectivity index (χ0v) is 17.4. The van der Waals surface area contributed by atoms with E-state index in [1.165, 1.54) is 6.07 Å². The van der Waals surface area contributed by atoms with Crippen LogP contribution in [0.1, 0.15) is 12.0 Å². The summed E-state index contributed by atoms with van der Waals surface area (Å²) in [5.41, 5.74) is 1.09. The molecule has 0 aliphatic carbocycles. The zero-order chi connectivity index (χ0) is 15.9. The van der Waals surface area contributed by atoms with E-state index in [2.05, 4.69) is 31.1 Å². The lowest BCUT2D eigenvalue weighted by molar-refractivity contribution is 0.157. The van der Waals surface area contributed by atoms with Crippen LogP contribution in [0.4, 0.5) is 4.39 Å². The first-order valence-electron chi connectivity index (χ1n) is 7.52. The first kappa shape index (κ1) is 20.6. The molecule has 7 heteroatoms. The fourth-order valence-electron chi connectivity index (χ4n) is 2.74. The highest BCUT2D eigenvalue weighted by molar-refractivity contribution is 14.0. The van der Waals surface area contributed by atoms with Crippen molar-refractivity contribution in [2.45, 2.75) is 12.8 Å². The third-order valence-corrected chi connectivity index (χ3v) is 4.49. The number of guanidine groups is 1. The van der Waals surface area contributed by atoms with Gasteiger partial charge in [0.05, 0.1) is 11.1 Å². The molecular weight excluding hydrogens is 476 g/mol. The van der Waals surface area contributed by atoms with Crippen LogP contribution in [-0.2, 0) is 11.2 Å². The largest absolute Gasteiger partial charge is 0.384 e. The summed E-state index contributed by atoms with van der Waals surface area (Å²) in [6.45, 7) is 3.57. The maximum Gasteiger partial charge on any atom is 0.193 e. The molecule has 1 atom stereocenters. The summed E-state index contributed by atoms with van der Waals surface area (Å²) < 4.78 is 18.9. The van der Waals surface area contributed by atoms with Crippen molar-refractivity contribution in [2.75, 3.05) is 40.4 Å². The Balaban J connectivity index is 0.00000264. The van der Waals surface area contributed by atoms with Gasteiger partial charge < -0.3 is 15.0 Å². The van der Waals surface area contributed by atoms with Gasteiger partial charge in [-0.1, -0.05) is 6.07 Å². The summed E-state index contributed by atoms with van der Waals surface area (Å²) in [4.78, 5) is 6.62. The lowest BCUT2D eigenvalue weighted by Crippen LogP contribution is -2.41. The van der Waals surface area contributed by atoms with Gasteiger partial charge in [-0.05, 0) is 46.5 Å². The predicted octanol–water partition coefficient (Wildman–Crippen LogP) is 3.29. The lowest BCUT2D eigenvalue weighted by Gasteiger charge is -2.21. The summed E-state index contributed by atoms with van der Waals surface area (Å²) in [5.74, 6) is 1.28. The Morgan fingerprint density at radius 2 is 2.30 bits per heavy atom. The van der Waals surface area contributed by atoms with Gasteiger partial charge in [-0.3, -0.25) is 4.99 Å². The van der Waals surface area contributed by atoms with Crippen LogP contribution in [0, 0.1) is 11.7 Å². The molecule has 1 fully saturated rings. The van der Waals surface area contributed by atoms with Gasteiger partial charge in [-0.15, -0.1) is 24.0 Å². The number of hydrogen-bond acceptors (Lipinski definition) is 2. The Bertz CT molecular complexity index is 530. The highest BCUT2D eigenvalue weighted by atomic mass is 127. The SMILES string of the molecule is CN=C(NCCc1ccc(F)c(Br)c1)N1CCC(COC)C1.I. The van der Waals surface area contributed by atoms with Crippen molar-refractivity contribution in [3.63, 3.8) is 0 Å². The minimum Gasteiger partial charge on any atom is -0.384 e. The monoisotopic (exact) mass is 499 g/mol. The molecular formula is C16H24BrFIN3O. The fourth-order valence-corrected chi connectivity index (χ4v) is 3.17. The molecule has 0 radical (unpaired) electrons. The zero-order valence-electron chi connectivity index (χ0n) is 13.5. The molecule has 4 nitrogen and oxygen atoms in total. The van der Waals surface area contributed by atoms with Crippen LogP contribution in [0.15, 0.2) is 27.7 Å². The molecule has 1 saturated heterocycles. The van der Waals surface area contributed by atoms with Crippen molar-refractivity contribution >= 4 is 45.9 Å². The molecule has 2 rings (SSSR count). The van der Waals surface area contributed by atoms with Crippen molar-refractivity contribution in [1.29, 1.82) is 0 Å². The molecule has 130 valence electrons. The van der Waals surface area contributed by atoms with E-state index in [1.54, 1.807) is 14.2 Å². The molecule has 0 saturated carbocycles. The summed E-state index contributed by atoms with van der Waals surface area (Å²) in [5, 5.41) is 3.38. The van der Waals surface area contributed by atoms with Crippen LogP contribution in [-0.4, -0.2) is 51.3 Å². The Morgan fingerprint density at radius 3 is 2.96 bits per heavy atom. The standard InChI is InChI=1S/C16H23BrFN3O.HI/c1-19-16(21-8-6-13(10-21)11-22-2)20-7-5-12-3-4-15(18)14(17)9-12;/h3-4,9,13H,5-8,10-11H2,1-2H3,(H,19,20);1H. The number of nitrogens with one attached hydrogen (secondary N) is 1. The lowest BCUT2D eigenvalue weighted by atomic mass is 10.1. The van der Waals surface area contributed by atoms with Gasteiger partial charge in [0.25, 0.3) is 0 Å². The van der Waals surface area contributed by atoms with E-state index < -0.39 is 0 Å². The van der Waals surface area contributed by atoms with Crippen LogP contribution in [0.5, 0.6) is 0 Å². The fraction of sp³-hybridized carbons (Fsp3) is 0.562. The molecule has 1 aromatic carbocycles. The number of nitrogens with zero attached hydrogens (tertiary/aromatic N) is 2. The molecule has 0 amide bonds. The van der Waals surface area contributed by atoms with Gasteiger partial charge in [0.1, 0.15) is 5.82 Å². The average Bonchev–Trinajstić information content (AvgIpc) is 2.96. The number of likely N-dealkylation sites (tertiary alicyclic amines) is 1. The molecule has 1 aromatic rings. The van der Waals surface area contributed by atoms with E-state index in [0.29, 0.717) is 10.4 Å². The number of aliphatic imine (C=N–C) groups is 1. The highest BCUT2D eigenvalue weighted by Gasteiger charge is 2.24. The average molecular weight is 500 g/mol. The smallest absolute Gasteiger partial charge is 0.193 e. The van der Waals surface area contributed by atoms with Crippen LogP contribution < -0.4 is 5.32 Å². The van der Waals surface area contributed by atoms with Gasteiger partial charge in [-0.25, -0.2) is 4.39 Å². The molecule has 0 aromatic heterocycles. The normalized spacial score (nSPS) is 18.0. The molecule has 1 aliphatic heterocycles. The quantitative estimate of drug-likeness (QED) is 0.383. The minimum absolute atomic E-state index is 0. The van der Waals surface area contributed by atoms with Crippen LogP contribution in [0.3, 0.4) is 0 Å². The molecule has 1 heterocycles. The first-order chi connectivity index (χ1) is 10.6. The summed E-state index contributed by atoms with van der Waals surface area (Å²) in [7, 11) is 3.55. The molecule has 1 aliphatic rings. The number of hydrogen-bond donors (Lipinski definition) is 1. The van der Waals surface area contributed by atoms with E-state index in [-0.39, 0.29) is 29.8 Å². The summed E-state index contributed by atoms with van der Waals surface area (Å²) in [6.07, 6.45) is 1.96. The number of methoxy groups -OCH3 is 1. The molecule has 23 heavy (non-hydrogen) atoms. The Labute approximate surface area is 163 Å². The van der Waals surface area contributed by atoms with Gasteiger partial charge in [-0.2, -0.15) is 0 Å². The number of halogens is 3. The van der Waals surface area contributed by atoms with Crippen LogP contribution >= 0.6 is 39.9 Å². The third-order valence-electron chi connectivity index (χ3n) is 3.88. The third kappa shape index (κ3) is 6.19. The number of rotatable bonds is 5. The Hall–Kier alpha value is -0.410. The predicted molar refractivity (Wildman–Crippen MR) is 106 cm³/mol. The van der Waals surface area contributed by atoms with E-state index in [9.17, 15) is 4.39 Å². The van der Waals surface area contributed by atoms with Crippen molar-refractivity contribution in [2.24, 2.45) is 10.9 Å². The van der Waals surface area contributed by atoms with Crippen LogP contribution in [0.25, 0.3) is 0 Å². The van der Waals surface area contributed by atoms with Gasteiger partial charge in [0.2, 0.25) is 0 Å². The summed E-state index contributed by atoms with van der Waals surface area (Å²) >= 11 is 3.22. The number of benzene rings is 1.